The zero-order chi connectivity index (χ0) is 21.9. The fourth-order valence-corrected chi connectivity index (χ4v) is 4.28. The highest BCUT2D eigenvalue weighted by molar-refractivity contribution is 7.88. The Kier molecular flexibility index (Phi) is 6.23. The molecule has 1 aliphatic heterocycles. The van der Waals surface area contributed by atoms with E-state index >= 15 is 0 Å². The van der Waals surface area contributed by atoms with Crippen molar-refractivity contribution in [3.05, 3.63) is 71.5 Å². The molecule has 7 nitrogen and oxygen atoms in total. The number of hydrogen-bond acceptors (Lipinski definition) is 4. The lowest BCUT2D eigenvalue weighted by molar-refractivity contribution is -0.153. The van der Waals surface area contributed by atoms with Crippen LogP contribution in [0.25, 0.3) is 0 Å². The van der Waals surface area contributed by atoms with E-state index in [-0.39, 0.29) is 25.2 Å². The number of benzene rings is 2. The van der Waals surface area contributed by atoms with Crippen LogP contribution in [0.5, 0.6) is 0 Å². The molecule has 1 fully saturated rings. The van der Waals surface area contributed by atoms with Gasteiger partial charge < -0.3 is 10.2 Å². The van der Waals surface area contributed by atoms with Gasteiger partial charge in [-0.25, -0.2) is 12.8 Å². The summed E-state index contributed by atoms with van der Waals surface area (Å²) < 4.78 is 39.4. The number of amides is 2. The number of piperazine rings is 1. The molecule has 2 aromatic carbocycles. The molecule has 1 heterocycles. The molecule has 0 aromatic heterocycles. The van der Waals surface area contributed by atoms with Gasteiger partial charge in [0.25, 0.3) is 0 Å². The number of sulfonamides is 1. The number of carbonyl (C=O) groups excluding carboxylic acids is 2. The van der Waals surface area contributed by atoms with Crippen LogP contribution in [-0.4, -0.2) is 54.3 Å². The molecule has 0 aliphatic carbocycles. The second kappa shape index (κ2) is 8.53. The Morgan fingerprint density at radius 1 is 1.13 bits per heavy atom. The second-order valence-corrected chi connectivity index (χ2v) is 9.53. The van der Waals surface area contributed by atoms with Gasteiger partial charge in [0.2, 0.25) is 21.8 Å². The Hall–Kier alpha value is -2.78. The van der Waals surface area contributed by atoms with Crippen LogP contribution in [0.4, 0.5) is 4.39 Å². The van der Waals surface area contributed by atoms with Crippen LogP contribution in [0.2, 0.25) is 0 Å². The lowest BCUT2D eigenvalue weighted by Crippen LogP contribution is -2.69. The molecule has 1 atom stereocenters. The Labute approximate surface area is 175 Å². The summed E-state index contributed by atoms with van der Waals surface area (Å²) in [6.07, 6.45) is 0.995. The molecular formula is C21H24FN3O4S. The normalized spacial score (nSPS) is 20.2. The first-order chi connectivity index (χ1) is 14.1. The SMILES string of the molecule is C[C@@]1(C(=O)NCc2ccccc2)CN(S(C)(=O)=O)CC(=O)N1Cc1ccccc1F. The van der Waals surface area contributed by atoms with Crippen molar-refractivity contribution >= 4 is 21.8 Å². The largest absolute Gasteiger partial charge is 0.350 e. The first-order valence-electron chi connectivity index (χ1n) is 9.42. The Morgan fingerprint density at radius 2 is 1.77 bits per heavy atom. The molecule has 1 aliphatic rings. The molecule has 1 saturated heterocycles. The molecule has 0 spiro atoms. The number of nitrogens with one attached hydrogen (secondary N) is 1. The van der Waals surface area contributed by atoms with Crippen LogP contribution in [0.3, 0.4) is 0 Å². The number of nitrogens with zero attached hydrogens (tertiary/aromatic N) is 2. The van der Waals surface area contributed by atoms with E-state index in [4.69, 9.17) is 0 Å². The van der Waals surface area contributed by atoms with E-state index in [1.807, 2.05) is 30.3 Å². The third-order valence-corrected chi connectivity index (χ3v) is 6.43. The molecule has 0 unspecified atom stereocenters. The number of hydrogen-bond donors (Lipinski definition) is 1. The van der Waals surface area contributed by atoms with Gasteiger partial charge in [0.1, 0.15) is 11.4 Å². The highest BCUT2D eigenvalue weighted by atomic mass is 32.2. The van der Waals surface area contributed by atoms with Crippen LogP contribution < -0.4 is 5.32 Å². The van der Waals surface area contributed by atoms with Crippen molar-refractivity contribution in [2.75, 3.05) is 19.3 Å². The predicted molar refractivity (Wildman–Crippen MR) is 110 cm³/mol. The average Bonchev–Trinajstić information content (AvgIpc) is 2.70. The molecule has 3 rings (SSSR count). The predicted octanol–water partition coefficient (Wildman–Crippen LogP) is 1.50. The third kappa shape index (κ3) is 4.68. The summed E-state index contributed by atoms with van der Waals surface area (Å²) in [5, 5.41) is 2.78. The van der Waals surface area contributed by atoms with E-state index in [0.29, 0.717) is 0 Å². The Morgan fingerprint density at radius 3 is 2.40 bits per heavy atom. The monoisotopic (exact) mass is 433 g/mol. The second-order valence-electron chi connectivity index (χ2n) is 7.54. The van der Waals surface area contributed by atoms with Gasteiger partial charge in [-0.15, -0.1) is 0 Å². The minimum atomic E-state index is -3.70. The summed E-state index contributed by atoms with van der Waals surface area (Å²) >= 11 is 0. The molecule has 0 saturated carbocycles. The Bertz CT molecular complexity index is 1050. The number of halogens is 1. The fraction of sp³-hybridized carbons (Fsp3) is 0.333. The van der Waals surface area contributed by atoms with Crippen LogP contribution in [0.1, 0.15) is 18.1 Å². The van der Waals surface area contributed by atoms with E-state index < -0.39 is 39.7 Å². The van der Waals surface area contributed by atoms with Crippen molar-refractivity contribution in [3.63, 3.8) is 0 Å². The highest BCUT2D eigenvalue weighted by Gasteiger charge is 2.49. The first-order valence-corrected chi connectivity index (χ1v) is 11.3. The quantitative estimate of drug-likeness (QED) is 0.748. The molecule has 0 radical (unpaired) electrons. The van der Waals surface area contributed by atoms with Gasteiger partial charge in [-0.05, 0) is 18.6 Å². The summed E-state index contributed by atoms with van der Waals surface area (Å²) in [5.74, 6) is -1.57. The van der Waals surface area contributed by atoms with Crippen molar-refractivity contribution < 1.29 is 22.4 Å². The molecule has 9 heteroatoms. The van der Waals surface area contributed by atoms with Gasteiger partial charge in [-0.2, -0.15) is 4.31 Å². The molecular weight excluding hydrogens is 409 g/mol. The molecule has 30 heavy (non-hydrogen) atoms. The van der Waals surface area contributed by atoms with Gasteiger partial charge in [0.05, 0.1) is 12.8 Å². The highest BCUT2D eigenvalue weighted by Crippen LogP contribution is 2.27. The third-order valence-electron chi connectivity index (χ3n) is 5.23. The zero-order valence-electron chi connectivity index (χ0n) is 16.8. The minimum absolute atomic E-state index is 0.141. The van der Waals surface area contributed by atoms with Crippen LogP contribution >= 0.6 is 0 Å². The molecule has 160 valence electrons. The molecule has 0 bridgehead atoms. The van der Waals surface area contributed by atoms with Gasteiger partial charge in [0, 0.05) is 25.2 Å². The van der Waals surface area contributed by atoms with E-state index in [9.17, 15) is 22.4 Å². The Balaban J connectivity index is 1.91. The summed E-state index contributed by atoms with van der Waals surface area (Å²) in [5.41, 5.74) is -0.395. The van der Waals surface area contributed by atoms with Gasteiger partial charge in [-0.1, -0.05) is 48.5 Å². The van der Waals surface area contributed by atoms with Gasteiger partial charge >= 0.3 is 0 Å². The standard InChI is InChI=1S/C21H24FN3O4S/c1-21(20(27)23-12-16-8-4-3-5-9-16)15-24(30(2,28)29)14-19(26)25(21)13-17-10-6-7-11-18(17)22/h3-11H,12-15H2,1-2H3,(H,23,27)/t21-/m0/s1. The molecule has 1 N–H and O–H groups in total. The van der Waals surface area contributed by atoms with Crippen LogP contribution in [-0.2, 0) is 32.7 Å². The van der Waals surface area contributed by atoms with Crippen LogP contribution in [0.15, 0.2) is 54.6 Å². The summed E-state index contributed by atoms with van der Waals surface area (Å²) in [7, 11) is -3.70. The number of carbonyl (C=O) groups is 2. The van der Waals surface area contributed by atoms with Crippen molar-refractivity contribution in [2.24, 2.45) is 0 Å². The van der Waals surface area contributed by atoms with Gasteiger partial charge in [0.15, 0.2) is 0 Å². The van der Waals surface area contributed by atoms with Crippen molar-refractivity contribution in [1.29, 1.82) is 0 Å². The van der Waals surface area contributed by atoms with E-state index in [0.717, 1.165) is 16.1 Å². The summed E-state index contributed by atoms with van der Waals surface area (Å²) in [4.78, 5) is 27.3. The first kappa shape index (κ1) is 21.9. The van der Waals surface area contributed by atoms with E-state index in [1.54, 1.807) is 6.07 Å². The lowest BCUT2D eigenvalue weighted by atomic mass is 9.94. The van der Waals surface area contributed by atoms with E-state index in [2.05, 4.69) is 5.32 Å². The fourth-order valence-electron chi connectivity index (χ4n) is 3.45. The zero-order valence-corrected chi connectivity index (χ0v) is 17.7. The maximum atomic E-state index is 14.2. The lowest BCUT2D eigenvalue weighted by Gasteiger charge is -2.46. The van der Waals surface area contributed by atoms with Crippen LogP contribution in [0, 0.1) is 5.82 Å². The number of rotatable bonds is 6. The van der Waals surface area contributed by atoms with Crippen molar-refractivity contribution in [3.8, 4) is 0 Å². The van der Waals surface area contributed by atoms with Crippen molar-refractivity contribution in [2.45, 2.75) is 25.6 Å². The molecule has 2 aromatic rings. The topological polar surface area (TPSA) is 86.8 Å². The summed E-state index contributed by atoms with van der Waals surface area (Å²) in [6.45, 7) is 0.971. The van der Waals surface area contributed by atoms with Crippen molar-refractivity contribution in [1.82, 2.24) is 14.5 Å². The maximum absolute atomic E-state index is 14.2. The maximum Gasteiger partial charge on any atom is 0.247 e. The van der Waals surface area contributed by atoms with Gasteiger partial charge in [-0.3, -0.25) is 9.59 Å². The summed E-state index contributed by atoms with van der Waals surface area (Å²) in [6, 6.07) is 15.2. The smallest absolute Gasteiger partial charge is 0.247 e. The molecule has 2 amide bonds. The minimum Gasteiger partial charge on any atom is -0.350 e. The average molecular weight is 434 g/mol. The van der Waals surface area contributed by atoms with E-state index in [1.165, 1.54) is 30.0 Å².